The Labute approximate surface area is 101 Å². The molecule has 0 saturated carbocycles. The van der Waals surface area contributed by atoms with Crippen molar-refractivity contribution in [3.63, 3.8) is 0 Å². The van der Waals surface area contributed by atoms with E-state index in [4.69, 9.17) is 4.74 Å². The van der Waals surface area contributed by atoms with Crippen LogP contribution in [0.3, 0.4) is 0 Å². The lowest BCUT2D eigenvalue weighted by Crippen LogP contribution is -2.09. The molecule has 0 aromatic heterocycles. The van der Waals surface area contributed by atoms with Gasteiger partial charge in [-0.05, 0) is 41.1 Å². The van der Waals surface area contributed by atoms with Crippen LogP contribution in [0.15, 0.2) is 27.1 Å². The van der Waals surface area contributed by atoms with Crippen LogP contribution in [0.25, 0.3) is 0 Å². The van der Waals surface area contributed by atoms with Crippen molar-refractivity contribution in [2.45, 2.75) is 6.92 Å². The molecule has 0 atom stereocenters. The molecule has 0 unspecified atom stereocenters. The van der Waals surface area contributed by atoms with E-state index < -0.39 is 0 Å². The summed E-state index contributed by atoms with van der Waals surface area (Å²) in [5, 5.41) is 3.29. The average Bonchev–Trinajstić information content (AvgIpc) is 2.18. The maximum absolute atomic E-state index is 5.24. The molecule has 0 radical (unpaired) electrons. The van der Waals surface area contributed by atoms with Crippen LogP contribution in [0.4, 0.5) is 5.69 Å². The van der Waals surface area contributed by atoms with Crippen molar-refractivity contribution in [1.82, 2.24) is 0 Å². The number of halogens is 2. The number of hydrogen-bond acceptors (Lipinski definition) is 2. The zero-order chi connectivity index (χ0) is 10.4. The van der Waals surface area contributed by atoms with E-state index >= 15 is 0 Å². The minimum absolute atomic E-state index is 0.732. The zero-order valence-electron chi connectivity index (χ0n) is 8.02. The van der Waals surface area contributed by atoms with Crippen molar-refractivity contribution in [1.29, 1.82) is 0 Å². The van der Waals surface area contributed by atoms with Crippen LogP contribution >= 0.6 is 31.9 Å². The minimum Gasteiger partial charge on any atom is -0.382 e. The average molecular weight is 323 g/mol. The first-order valence-corrected chi connectivity index (χ1v) is 6.09. The van der Waals surface area contributed by atoms with E-state index in [1.165, 1.54) is 0 Å². The van der Waals surface area contributed by atoms with E-state index in [-0.39, 0.29) is 0 Å². The van der Waals surface area contributed by atoms with Crippen LogP contribution in [-0.4, -0.2) is 19.8 Å². The van der Waals surface area contributed by atoms with Crippen LogP contribution in [0.5, 0.6) is 0 Å². The van der Waals surface area contributed by atoms with Gasteiger partial charge in [0.2, 0.25) is 0 Å². The summed E-state index contributed by atoms with van der Waals surface area (Å²) in [6, 6.07) is 6.04. The molecule has 0 heterocycles. The summed E-state index contributed by atoms with van der Waals surface area (Å²) < 4.78 is 7.37. The molecular formula is C10H13Br2NO. The van der Waals surface area contributed by atoms with Gasteiger partial charge in [0, 0.05) is 27.8 Å². The summed E-state index contributed by atoms with van der Waals surface area (Å²) in [6.07, 6.45) is 0. The van der Waals surface area contributed by atoms with Gasteiger partial charge < -0.3 is 10.1 Å². The monoisotopic (exact) mass is 321 g/mol. The summed E-state index contributed by atoms with van der Waals surface area (Å²) in [5.41, 5.74) is 1.08. The van der Waals surface area contributed by atoms with Crippen molar-refractivity contribution in [3.8, 4) is 0 Å². The van der Waals surface area contributed by atoms with Crippen LogP contribution in [0.2, 0.25) is 0 Å². The van der Waals surface area contributed by atoms with Crippen LogP contribution in [-0.2, 0) is 4.74 Å². The van der Waals surface area contributed by atoms with E-state index in [2.05, 4.69) is 37.2 Å². The summed E-state index contributed by atoms with van der Waals surface area (Å²) in [7, 11) is 0. The molecule has 0 aliphatic rings. The van der Waals surface area contributed by atoms with E-state index in [9.17, 15) is 0 Å². The van der Waals surface area contributed by atoms with Gasteiger partial charge in [0.25, 0.3) is 0 Å². The first-order chi connectivity index (χ1) is 6.74. The van der Waals surface area contributed by atoms with Crippen molar-refractivity contribution < 1.29 is 4.74 Å². The van der Waals surface area contributed by atoms with Crippen LogP contribution in [0, 0.1) is 0 Å². The fraction of sp³-hybridized carbons (Fsp3) is 0.400. The van der Waals surface area contributed by atoms with Gasteiger partial charge in [0.15, 0.2) is 0 Å². The fourth-order valence-electron chi connectivity index (χ4n) is 1.04. The second kappa shape index (κ2) is 6.43. The molecule has 1 N–H and O–H groups in total. The van der Waals surface area contributed by atoms with Gasteiger partial charge in [-0.25, -0.2) is 0 Å². The highest BCUT2D eigenvalue weighted by Gasteiger charge is 1.98. The van der Waals surface area contributed by atoms with Gasteiger partial charge >= 0.3 is 0 Å². The lowest BCUT2D eigenvalue weighted by Gasteiger charge is -2.08. The Balaban J connectivity index is 2.45. The number of nitrogens with one attached hydrogen (secondary N) is 1. The highest BCUT2D eigenvalue weighted by atomic mass is 79.9. The Morgan fingerprint density at radius 2 is 2.14 bits per heavy atom. The van der Waals surface area contributed by atoms with Gasteiger partial charge in [0.05, 0.1) is 6.61 Å². The SMILES string of the molecule is CCOCCNc1cc(Br)ccc1Br. The predicted octanol–water partition coefficient (Wildman–Crippen LogP) is 3.66. The molecule has 0 fully saturated rings. The molecule has 78 valence electrons. The molecule has 1 aromatic rings. The number of rotatable bonds is 5. The van der Waals surface area contributed by atoms with Crippen LogP contribution in [0.1, 0.15) is 6.92 Å². The highest BCUT2D eigenvalue weighted by molar-refractivity contribution is 9.11. The predicted molar refractivity (Wildman–Crippen MR) is 66.8 cm³/mol. The van der Waals surface area contributed by atoms with E-state index in [0.29, 0.717) is 0 Å². The standard InChI is InChI=1S/C10H13Br2NO/c1-2-14-6-5-13-10-7-8(11)3-4-9(10)12/h3-4,7,13H,2,5-6H2,1H3. The Bertz CT molecular complexity index is 291. The van der Waals surface area contributed by atoms with Crippen molar-refractivity contribution in [2.75, 3.05) is 25.1 Å². The molecule has 2 nitrogen and oxygen atoms in total. The first-order valence-electron chi connectivity index (χ1n) is 4.50. The minimum atomic E-state index is 0.732. The maximum atomic E-state index is 5.24. The third kappa shape index (κ3) is 3.98. The third-order valence-electron chi connectivity index (χ3n) is 1.69. The summed E-state index contributed by atoms with van der Waals surface area (Å²) in [6.45, 7) is 4.31. The molecule has 0 bridgehead atoms. The Morgan fingerprint density at radius 3 is 2.86 bits per heavy atom. The Kier molecular flexibility index (Phi) is 5.52. The Morgan fingerprint density at radius 1 is 1.36 bits per heavy atom. The summed E-state index contributed by atoms with van der Waals surface area (Å²) in [5.74, 6) is 0. The summed E-state index contributed by atoms with van der Waals surface area (Å²) in [4.78, 5) is 0. The summed E-state index contributed by atoms with van der Waals surface area (Å²) >= 11 is 6.90. The molecule has 4 heteroatoms. The smallest absolute Gasteiger partial charge is 0.0638 e. The molecular weight excluding hydrogens is 310 g/mol. The molecule has 0 saturated heterocycles. The number of hydrogen-bond donors (Lipinski definition) is 1. The molecule has 1 rings (SSSR count). The molecule has 0 spiro atoms. The first kappa shape index (κ1) is 12.0. The quantitative estimate of drug-likeness (QED) is 0.835. The van der Waals surface area contributed by atoms with Crippen molar-refractivity contribution >= 4 is 37.5 Å². The molecule has 1 aromatic carbocycles. The van der Waals surface area contributed by atoms with E-state index in [1.54, 1.807) is 0 Å². The number of anilines is 1. The number of ether oxygens (including phenoxy) is 1. The second-order valence-electron chi connectivity index (χ2n) is 2.75. The highest BCUT2D eigenvalue weighted by Crippen LogP contribution is 2.25. The van der Waals surface area contributed by atoms with Crippen molar-refractivity contribution in [3.05, 3.63) is 27.1 Å². The lowest BCUT2D eigenvalue weighted by molar-refractivity contribution is 0.158. The second-order valence-corrected chi connectivity index (χ2v) is 4.52. The zero-order valence-corrected chi connectivity index (χ0v) is 11.2. The fourth-order valence-corrected chi connectivity index (χ4v) is 1.78. The Hall–Kier alpha value is -0.0600. The van der Waals surface area contributed by atoms with Gasteiger partial charge in [0.1, 0.15) is 0 Å². The molecule has 0 aliphatic heterocycles. The van der Waals surface area contributed by atoms with Crippen LogP contribution < -0.4 is 5.32 Å². The maximum Gasteiger partial charge on any atom is 0.0638 e. The third-order valence-corrected chi connectivity index (χ3v) is 2.88. The van der Waals surface area contributed by atoms with Gasteiger partial charge in [-0.1, -0.05) is 15.9 Å². The van der Waals surface area contributed by atoms with Gasteiger partial charge in [-0.3, -0.25) is 0 Å². The largest absolute Gasteiger partial charge is 0.382 e. The molecule has 0 amide bonds. The van der Waals surface area contributed by atoms with Crippen molar-refractivity contribution in [2.24, 2.45) is 0 Å². The topological polar surface area (TPSA) is 21.3 Å². The number of benzene rings is 1. The van der Waals surface area contributed by atoms with Gasteiger partial charge in [-0.15, -0.1) is 0 Å². The van der Waals surface area contributed by atoms with E-state index in [1.807, 2.05) is 25.1 Å². The molecule has 0 aliphatic carbocycles. The normalized spacial score (nSPS) is 10.2. The lowest BCUT2D eigenvalue weighted by atomic mass is 10.3. The van der Waals surface area contributed by atoms with Gasteiger partial charge in [-0.2, -0.15) is 0 Å². The molecule has 14 heavy (non-hydrogen) atoms. The van der Waals surface area contributed by atoms with E-state index in [0.717, 1.165) is 34.4 Å².